The Balaban J connectivity index is 1.53. The summed E-state index contributed by atoms with van der Waals surface area (Å²) in [5, 5.41) is 2.97. The van der Waals surface area contributed by atoms with E-state index in [9.17, 15) is 9.59 Å². The Hall–Kier alpha value is -2.08. The van der Waals surface area contributed by atoms with Crippen LogP contribution in [0.25, 0.3) is 0 Å². The van der Waals surface area contributed by atoms with Gasteiger partial charge >= 0.3 is 0 Å². The van der Waals surface area contributed by atoms with E-state index < -0.39 is 0 Å². The maximum Gasteiger partial charge on any atom is 0.223 e. The van der Waals surface area contributed by atoms with Crippen LogP contribution in [0.2, 0.25) is 0 Å². The standard InChI is InChI=1S/C21H31N3O3/c1-17(25)24(14-11-22-21(26)18-9-15-27-16-10-18)20-7-5-19(6-8-20)23-12-3-2-4-13-23/h5-8,18H,2-4,9-16H2,1H3,(H,22,26). The van der Waals surface area contributed by atoms with Gasteiger partial charge in [-0.05, 0) is 56.4 Å². The predicted molar refractivity (Wildman–Crippen MR) is 107 cm³/mol. The second-order valence-corrected chi connectivity index (χ2v) is 7.41. The molecule has 0 aliphatic carbocycles. The van der Waals surface area contributed by atoms with Crippen LogP contribution in [0.4, 0.5) is 11.4 Å². The van der Waals surface area contributed by atoms with E-state index >= 15 is 0 Å². The van der Waals surface area contributed by atoms with Gasteiger partial charge in [0.15, 0.2) is 0 Å². The largest absolute Gasteiger partial charge is 0.381 e. The Kier molecular flexibility index (Phi) is 7.10. The monoisotopic (exact) mass is 373 g/mol. The van der Waals surface area contributed by atoms with Crippen molar-refractivity contribution in [1.29, 1.82) is 0 Å². The minimum absolute atomic E-state index is 0.0129. The molecule has 27 heavy (non-hydrogen) atoms. The van der Waals surface area contributed by atoms with Gasteiger partial charge in [0.1, 0.15) is 0 Å². The Morgan fingerprint density at radius 1 is 1.11 bits per heavy atom. The number of benzene rings is 1. The Bertz CT molecular complexity index is 620. The third-order valence-electron chi connectivity index (χ3n) is 5.49. The fourth-order valence-electron chi connectivity index (χ4n) is 3.86. The topological polar surface area (TPSA) is 61.9 Å². The number of ether oxygens (including phenoxy) is 1. The zero-order chi connectivity index (χ0) is 19.1. The highest BCUT2D eigenvalue weighted by atomic mass is 16.5. The van der Waals surface area contributed by atoms with Crippen LogP contribution < -0.4 is 15.1 Å². The number of nitrogens with one attached hydrogen (secondary N) is 1. The molecule has 0 atom stereocenters. The van der Waals surface area contributed by atoms with Crippen LogP contribution in [0.3, 0.4) is 0 Å². The molecular formula is C21H31N3O3. The molecule has 0 bridgehead atoms. The van der Waals surface area contributed by atoms with Crippen LogP contribution in [0, 0.1) is 5.92 Å². The van der Waals surface area contributed by atoms with Crippen LogP contribution in [0.5, 0.6) is 0 Å². The van der Waals surface area contributed by atoms with Gasteiger partial charge in [-0.25, -0.2) is 0 Å². The summed E-state index contributed by atoms with van der Waals surface area (Å²) in [5.74, 6) is 0.0941. The van der Waals surface area contributed by atoms with E-state index in [-0.39, 0.29) is 17.7 Å². The van der Waals surface area contributed by atoms with Gasteiger partial charge in [-0.1, -0.05) is 0 Å². The summed E-state index contributed by atoms with van der Waals surface area (Å²) >= 11 is 0. The van der Waals surface area contributed by atoms with Crippen molar-refractivity contribution in [1.82, 2.24) is 5.32 Å². The number of hydrogen-bond donors (Lipinski definition) is 1. The molecule has 0 radical (unpaired) electrons. The maximum atomic E-state index is 12.2. The van der Waals surface area contributed by atoms with Crippen LogP contribution >= 0.6 is 0 Å². The lowest BCUT2D eigenvalue weighted by Crippen LogP contribution is -2.40. The van der Waals surface area contributed by atoms with Crippen LogP contribution in [0.15, 0.2) is 24.3 Å². The van der Waals surface area contributed by atoms with Crippen molar-refractivity contribution in [3.63, 3.8) is 0 Å². The molecule has 1 aromatic rings. The highest BCUT2D eigenvalue weighted by Crippen LogP contribution is 2.23. The van der Waals surface area contributed by atoms with Gasteiger partial charge in [0, 0.05) is 63.6 Å². The second-order valence-electron chi connectivity index (χ2n) is 7.41. The molecule has 2 saturated heterocycles. The molecule has 2 heterocycles. The highest BCUT2D eigenvalue weighted by molar-refractivity contribution is 5.91. The summed E-state index contributed by atoms with van der Waals surface area (Å²) in [5.41, 5.74) is 2.10. The highest BCUT2D eigenvalue weighted by Gasteiger charge is 2.21. The van der Waals surface area contributed by atoms with Crippen molar-refractivity contribution in [2.24, 2.45) is 5.92 Å². The lowest BCUT2D eigenvalue weighted by Gasteiger charge is -2.29. The molecule has 1 aromatic carbocycles. The number of hydrogen-bond acceptors (Lipinski definition) is 4. The van der Waals surface area contributed by atoms with Crippen LogP contribution in [-0.2, 0) is 14.3 Å². The Morgan fingerprint density at radius 2 is 1.78 bits per heavy atom. The van der Waals surface area contributed by atoms with Crippen LogP contribution in [-0.4, -0.2) is 51.2 Å². The number of anilines is 2. The molecule has 2 amide bonds. The molecule has 6 heteroatoms. The van der Waals surface area contributed by atoms with E-state index in [2.05, 4.69) is 22.3 Å². The van der Waals surface area contributed by atoms with Crippen molar-refractivity contribution >= 4 is 23.2 Å². The summed E-state index contributed by atoms with van der Waals surface area (Å²) < 4.78 is 5.30. The zero-order valence-electron chi connectivity index (χ0n) is 16.3. The van der Waals surface area contributed by atoms with Crippen molar-refractivity contribution < 1.29 is 14.3 Å². The summed E-state index contributed by atoms with van der Waals surface area (Å²) in [6, 6.07) is 8.20. The van der Waals surface area contributed by atoms with Crippen LogP contribution in [0.1, 0.15) is 39.0 Å². The molecule has 3 rings (SSSR count). The first-order chi connectivity index (χ1) is 13.1. The van der Waals surface area contributed by atoms with E-state index in [0.717, 1.165) is 31.6 Å². The van der Waals surface area contributed by atoms with Crippen molar-refractivity contribution in [2.45, 2.75) is 39.0 Å². The lowest BCUT2D eigenvalue weighted by molar-refractivity contribution is -0.127. The number of piperidine rings is 1. The summed E-state index contributed by atoms with van der Waals surface area (Å²) in [6.07, 6.45) is 5.36. The molecular weight excluding hydrogens is 342 g/mol. The lowest BCUT2D eigenvalue weighted by atomic mass is 9.99. The summed E-state index contributed by atoms with van der Waals surface area (Å²) in [6.45, 7) is 6.03. The molecule has 2 aliphatic heterocycles. The predicted octanol–water partition coefficient (Wildman–Crippen LogP) is 2.57. The average Bonchev–Trinajstić information content (AvgIpc) is 2.72. The first-order valence-corrected chi connectivity index (χ1v) is 10.1. The number of amides is 2. The fraction of sp³-hybridized carbons (Fsp3) is 0.619. The first-order valence-electron chi connectivity index (χ1n) is 10.1. The molecule has 6 nitrogen and oxygen atoms in total. The van der Waals surface area contributed by atoms with Crippen molar-refractivity contribution in [3.8, 4) is 0 Å². The third kappa shape index (κ3) is 5.45. The van der Waals surface area contributed by atoms with Gasteiger partial charge in [-0.15, -0.1) is 0 Å². The quantitative estimate of drug-likeness (QED) is 0.833. The third-order valence-corrected chi connectivity index (χ3v) is 5.49. The van der Waals surface area contributed by atoms with E-state index in [1.807, 2.05) is 12.1 Å². The van der Waals surface area contributed by atoms with E-state index in [4.69, 9.17) is 4.74 Å². The maximum absolute atomic E-state index is 12.2. The van der Waals surface area contributed by atoms with Gasteiger partial charge < -0.3 is 19.9 Å². The number of rotatable bonds is 6. The molecule has 148 valence electrons. The Labute approximate surface area is 161 Å². The normalized spacial score (nSPS) is 18.2. The van der Waals surface area contributed by atoms with Gasteiger partial charge in [0.05, 0.1) is 0 Å². The average molecular weight is 373 g/mol. The van der Waals surface area contributed by atoms with E-state index in [1.165, 1.54) is 24.9 Å². The summed E-state index contributed by atoms with van der Waals surface area (Å²) in [4.78, 5) is 28.5. The minimum atomic E-state index is -0.0129. The molecule has 0 unspecified atom stereocenters. The van der Waals surface area contributed by atoms with Gasteiger partial charge in [0.25, 0.3) is 0 Å². The fourth-order valence-corrected chi connectivity index (χ4v) is 3.86. The van der Waals surface area contributed by atoms with E-state index in [1.54, 1.807) is 11.8 Å². The molecule has 0 aromatic heterocycles. The number of carbonyl (C=O) groups is 2. The number of nitrogens with zero attached hydrogens (tertiary/aromatic N) is 2. The second kappa shape index (κ2) is 9.74. The minimum Gasteiger partial charge on any atom is -0.381 e. The smallest absolute Gasteiger partial charge is 0.223 e. The molecule has 0 saturated carbocycles. The Morgan fingerprint density at radius 3 is 2.41 bits per heavy atom. The zero-order valence-corrected chi connectivity index (χ0v) is 16.3. The van der Waals surface area contributed by atoms with E-state index in [0.29, 0.717) is 26.3 Å². The first kappa shape index (κ1) is 19.7. The van der Waals surface area contributed by atoms with Crippen molar-refractivity contribution in [3.05, 3.63) is 24.3 Å². The molecule has 0 spiro atoms. The SMILES string of the molecule is CC(=O)N(CCNC(=O)C1CCOCC1)c1ccc(N2CCCCC2)cc1. The summed E-state index contributed by atoms with van der Waals surface area (Å²) in [7, 11) is 0. The van der Waals surface area contributed by atoms with Gasteiger partial charge in [-0.3, -0.25) is 9.59 Å². The number of carbonyl (C=O) groups excluding carboxylic acids is 2. The molecule has 2 aliphatic rings. The molecule has 2 fully saturated rings. The van der Waals surface area contributed by atoms with Crippen molar-refractivity contribution in [2.75, 3.05) is 49.2 Å². The molecule has 1 N–H and O–H groups in total. The van der Waals surface area contributed by atoms with Gasteiger partial charge in [-0.2, -0.15) is 0 Å². The van der Waals surface area contributed by atoms with Gasteiger partial charge in [0.2, 0.25) is 11.8 Å².